The highest BCUT2D eigenvalue weighted by Crippen LogP contribution is 2.29. The summed E-state index contributed by atoms with van der Waals surface area (Å²) in [6.45, 7) is 2.21. The van der Waals surface area contributed by atoms with Crippen molar-refractivity contribution in [3.05, 3.63) is 52.1 Å². The largest absolute Gasteiger partial charge is 0.495 e. The number of piperazine rings is 1. The summed E-state index contributed by atoms with van der Waals surface area (Å²) in [7, 11) is -1.78. The Labute approximate surface area is 156 Å². The zero-order valence-electron chi connectivity index (χ0n) is 13.4. The number of para-hydroxylation sites is 2. The Morgan fingerprint density at radius 1 is 0.958 bits per heavy atom. The van der Waals surface area contributed by atoms with E-state index < -0.39 is 10.0 Å². The summed E-state index contributed by atoms with van der Waals surface area (Å²) in [4.78, 5) is 2.52. The van der Waals surface area contributed by atoms with Crippen molar-refractivity contribution in [2.45, 2.75) is 4.90 Å². The van der Waals surface area contributed by atoms with Gasteiger partial charge in [0.05, 0.1) is 17.7 Å². The van der Waals surface area contributed by atoms with Gasteiger partial charge in [-0.15, -0.1) is 0 Å². The van der Waals surface area contributed by atoms with Crippen LogP contribution in [0.2, 0.25) is 0 Å². The molecule has 0 bridgehead atoms. The molecule has 0 atom stereocenters. The van der Waals surface area contributed by atoms with Crippen LogP contribution >= 0.6 is 22.6 Å². The highest BCUT2D eigenvalue weighted by atomic mass is 127. The van der Waals surface area contributed by atoms with Crippen molar-refractivity contribution in [1.29, 1.82) is 0 Å². The van der Waals surface area contributed by atoms with Gasteiger partial charge in [0.15, 0.2) is 0 Å². The molecule has 1 heterocycles. The maximum atomic E-state index is 12.7. The summed E-state index contributed by atoms with van der Waals surface area (Å²) in [5.41, 5.74) is 1.01. The van der Waals surface area contributed by atoms with E-state index >= 15 is 0 Å². The van der Waals surface area contributed by atoms with Gasteiger partial charge in [0.1, 0.15) is 5.75 Å². The number of sulfonamides is 1. The number of nitrogens with zero attached hydrogens (tertiary/aromatic N) is 2. The molecular formula is C17H19IN2O3S. The Kier molecular flexibility index (Phi) is 5.31. The average molecular weight is 458 g/mol. The number of rotatable bonds is 4. The predicted molar refractivity (Wildman–Crippen MR) is 103 cm³/mol. The standard InChI is InChI=1S/C17H19IN2O3S/c1-23-17-5-3-2-4-16(17)19-10-12-20(13-11-19)24(21,22)15-8-6-14(18)7-9-15/h2-9H,10-13H2,1H3. The molecule has 0 saturated carbocycles. The minimum atomic E-state index is -3.43. The van der Waals surface area contributed by atoms with Crippen molar-refractivity contribution in [3.8, 4) is 5.75 Å². The zero-order chi connectivity index (χ0) is 17.2. The van der Waals surface area contributed by atoms with Crippen LogP contribution in [0.1, 0.15) is 0 Å². The summed E-state index contributed by atoms with van der Waals surface area (Å²) < 4.78 is 33.5. The molecule has 1 fully saturated rings. The fraction of sp³-hybridized carbons (Fsp3) is 0.294. The molecule has 24 heavy (non-hydrogen) atoms. The number of anilines is 1. The van der Waals surface area contributed by atoms with Gasteiger partial charge in [0, 0.05) is 29.7 Å². The molecule has 2 aromatic rings. The van der Waals surface area contributed by atoms with E-state index in [1.54, 1.807) is 23.5 Å². The topological polar surface area (TPSA) is 49.9 Å². The first-order chi connectivity index (χ1) is 11.5. The van der Waals surface area contributed by atoms with Crippen molar-refractivity contribution in [1.82, 2.24) is 4.31 Å². The molecular weight excluding hydrogens is 439 g/mol. The predicted octanol–water partition coefficient (Wildman–Crippen LogP) is 2.81. The van der Waals surface area contributed by atoms with Crippen LogP contribution < -0.4 is 9.64 Å². The van der Waals surface area contributed by atoms with Crippen LogP contribution in [-0.2, 0) is 10.0 Å². The second-order valence-corrected chi connectivity index (χ2v) is 8.70. The Balaban J connectivity index is 1.74. The summed E-state index contributed by atoms with van der Waals surface area (Å²) in [5, 5.41) is 0. The van der Waals surface area contributed by atoms with E-state index in [9.17, 15) is 8.42 Å². The van der Waals surface area contributed by atoms with Crippen LogP contribution in [0.5, 0.6) is 5.75 Å². The van der Waals surface area contributed by atoms with Crippen molar-refractivity contribution in [3.63, 3.8) is 0 Å². The highest BCUT2D eigenvalue weighted by molar-refractivity contribution is 14.1. The lowest BCUT2D eigenvalue weighted by atomic mass is 10.2. The summed E-state index contributed by atoms with van der Waals surface area (Å²) in [6.07, 6.45) is 0. The van der Waals surface area contributed by atoms with Crippen LogP contribution in [0.3, 0.4) is 0 Å². The lowest BCUT2D eigenvalue weighted by Crippen LogP contribution is -2.48. The summed E-state index contributed by atoms with van der Waals surface area (Å²) in [5.74, 6) is 0.812. The Morgan fingerprint density at radius 3 is 2.21 bits per heavy atom. The third-order valence-corrected chi connectivity index (χ3v) is 6.75. The lowest BCUT2D eigenvalue weighted by molar-refractivity contribution is 0.378. The highest BCUT2D eigenvalue weighted by Gasteiger charge is 2.29. The molecule has 2 aromatic carbocycles. The van der Waals surface area contributed by atoms with Gasteiger partial charge < -0.3 is 9.64 Å². The third kappa shape index (κ3) is 3.52. The van der Waals surface area contributed by atoms with Crippen LogP contribution in [0.15, 0.2) is 53.4 Å². The summed E-state index contributed by atoms with van der Waals surface area (Å²) >= 11 is 2.17. The summed E-state index contributed by atoms with van der Waals surface area (Å²) in [6, 6.07) is 14.8. The smallest absolute Gasteiger partial charge is 0.243 e. The molecule has 0 unspecified atom stereocenters. The number of benzene rings is 2. The molecule has 0 spiro atoms. The van der Waals surface area contributed by atoms with Gasteiger partial charge in [-0.1, -0.05) is 12.1 Å². The van der Waals surface area contributed by atoms with Gasteiger partial charge in [-0.25, -0.2) is 8.42 Å². The fourth-order valence-electron chi connectivity index (χ4n) is 2.82. The molecule has 0 aliphatic carbocycles. The van der Waals surface area contributed by atoms with E-state index in [-0.39, 0.29) is 0 Å². The lowest BCUT2D eigenvalue weighted by Gasteiger charge is -2.35. The molecule has 0 radical (unpaired) electrons. The molecule has 7 heteroatoms. The van der Waals surface area contributed by atoms with E-state index in [0.29, 0.717) is 31.1 Å². The quantitative estimate of drug-likeness (QED) is 0.662. The van der Waals surface area contributed by atoms with Crippen molar-refractivity contribution in [2.24, 2.45) is 0 Å². The number of hydrogen-bond donors (Lipinski definition) is 0. The van der Waals surface area contributed by atoms with Crippen LogP contribution in [-0.4, -0.2) is 46.0 Å². The first-order valence-electron chi connectivity index (χ1n) is 7.66. The van der Waals surface area contributed by atoms with E-state index in [0.717, 1.165) is 15.0 Å². The van der Waals surface area contributed by atoms with Gasteiger partial charge in [-0.05, 0) is 59.0 Å². The number of methoxy groups -OCH3 is 1. The van der Waals surface area contributed by atoms with Crippen LogP contribution in [0, 0.1) is 3.57 Å². The molecule has 1 aliphatic rings. The molecule has 1 aliphatic heterocycles. The van der Waals surface area contributed by atoms with Gasteiger partial charge in [0.2, 0.25) is 10.0 Å². The molecule has 3 rings (SSSR count). The first kappa shape index (κ1) is 17.5. The maximum Gasteiger partial charge on any atom is 0.243 e. The Morgan fingerprint density at radius 2 is 1.58 bits per heavy atom. The molecule has 0 amide bonds. The molecule has 5 nitrogen and oxygen atoms in total. The van der Waals surface area contributed by atoms with Gasteiger partial charge in [-0.2, -0.15) is 4.31 Å². The fourth-order valence-corrected chi connectivity index (χ4v) is 4.60. The van der Waals surface area contributed by atoms with Crippen LogP contribution in [0.25, 0.3) is 0 Å². The molecule has 0 N–H and O–H groups in total. The van der Waals surface area contributed by atoms with E-state index in [2.05, 4.69) is 27.5 Å². The maximum absolute atomic E-state index is 12.7. The average Bonchev–Trinajstić information content (AvgIpc) is 2.62. The minimum Gasteiger partial charge on any atom is -0.495 e. The van der Waals surface area contributed by atoms with Gasteiger partial charge in [0.25, 0.3) is 0 Å². The van der Waals surface area contributed by atoms with Crippen LogP contribution in [0.4, 0.5) is 5.69 Å². The minimum absolute atomic E-state index is 0.355. The monoisotopic (exact) mass is 458 g/mol. The third-order valence-electron chi connectivity index (χ3n) is 4.12. The zero-order valence-corrected chi connectivity index (χ0v) is 16.3. The normalized spacial score (nSPS) is 16.2. The SMILES string of the molecule is COc1ccccc1N1CCN(S(=O)(=O)c2ccc(I)cc2)CC1. The van der Waals surface area contributed by atoms with Gasteiger partial charge >= 0.3 is 0 Å². The molecule has 128 valence electrons. The Hall–Kier alpha value is -1.32. The van der Waals surface area contributed by atoms with Crippen molar-refractivity contribution >= 4 is 38.3 Å². The van der Waals surface area contributed by atoms with Crippen molar-refractivity contribution in [2.75, 3.05) is 38.2 Å². The molecule has 0 aromatic heterocycles. The number of ether oxygens (including phenoxy) is 1. The van der Waals surface area contributed by atoms with E-state index in [1.165, 1.54) is 0 Å². The van der Waals surface area contributed by atoms with Gasteiger partial charge in [-0.3, -0.25) is 0 Å². The number of halogens is 1. The number of hydrogen-bond acceptors (Lipinski definition) is 4. The molecule has 1 saturated heterocycles. The second kappa shape index (κ2) is 7.28. The van der Waals surface area contributed by atoms with E-state index in [4.69, 9.17) is 4.74 Å². The van der Waals surface area contributed by atoms with Crippen molar-refractivity contribution < 1.29 is 13.2 Å². The first-order valence-corrected chi connectivity index (χ1v) is 10.2. The second-order valence-electron chi connectivity index (χ2n) is 5.52. The Bertz CT molecular complexity index is 801. The van der Waals surface area contributed by atoms with E-state index in [1.807, 2.05) is 36.4 Å².